The molecule has 1 heterocycles. The Balaban J connectivity index is 2.27. The van der Waals surface area contributed by atoms with Gasteiger partial charge in [-0.25, -0.2) is 0 Å². The van der Waals surface area contributed by atoms with Crippen molar-refractivity contribution >= 4 is 69.5 Å². The van der Waals surface area contributed by atoms with Crippen LogP contribution < -0.4 is 0 Å². The van der Waals surface area contributed by atoms with Crippen molar-refractivity contribution < 1.29 is 14.7 Å². The number of hydrogen-bond donors (Lipinski definition) is 1. The summed E-state index contributed by atoms with van der Waals surface area (Å²) in [4.78, 5) is 24.1. The van der Waals surface area contributed by atoms with E-state index in [0.29, 0.717) is 20.5 Å². The van der Waals surface area contributed by atoms with Crippen molar-refractivity contribution in [2.75, 3.05) is 6.54 Å². The molecule has 0 unspecified atom stereocenters. The van der Waals surface area contributed by atoms with E-state index < -0.39 is 18.4 Å². The highest BCUT2D eigenvalue weighted by molar-refractivity contribution is 8.26. The van der Waals surface area contributed by atoms with Crippen LogP contribution in [0.3, 0.4) is 0 Å². The van der Waals surface area contributed by atoms with Crippen LogP contribution in [-0.4, -0.2) is 32.7 Å². The highest BCUT2D eigenvalue weighted by Crippen LogP contribution is 2.33. The molecule has 1 amide bonds. The van der Waals surface area contributed by atoms with E-state index in [0.717, 1.165) is 16.7 Å². The number of hydrogen-bond acceptors (Lipinski definition) is 4. The van der Waals surface area contributed by atoms with Gasteiger partial charge in [-0.15, -0.1) is 0 Å². The summed E-state index contributed by atoms with van der Waals surface area (Å²) in [6, 6.07) is 4.94. The fraction of sp³-hybridized carbons (Fsp3) is 0.0833. The van der Waals surface area contributed by atoms with E-state index >= 15 is 0 Å². The number of carbonyl (C=O) groups is 2. The summed E-state index contributed by atoms with van der Waals surface area (Å²) in [5.41, 5.74) is 0.690. The van der Waals surface area contributed by atoms with E-state index in [1.54, 1.807) is 24.3 Å². The normalized spacial score (nSPS) is 17.1. The van der Waals surface area contributed by atoms with Gasteiger partial charge in [-0.2, -0.15) is 0 Å². The summed E-state index contributed by atoms with van der Waals surface area (Å²) in [6.45, 7) is -0.441. The van der Waals surface area contributed by atoms with E-state index in [9.17, 15) is 9.59 Å². The summed E-state index contributed by atoms with van der Waals surface area (Å²) in [5.74, 6) is -1.54. The standard InChI is InChI=1S/C12H7Cl2NO3S2/c13-7-2-1-6(3-8(7)14)4-9-11(18)15(5-10(16)17)12(19)20-9/h1-4H,5H2,(H,16,17)/b9-4+. The number of thiocarbonyl (C=S) groups is 1. The van der Waals surface area contributed by atoms with Crippen LogP contribution in [0.15, 0.2) is 23.1 Å². The molecule has 0 saturated carbocycles. The molecule has 1 saturated heterocycles. The molecule has 1 aliphatic heterocycles. The van der Waals surface area contributed by atoms with Gasteiger partial charge >= 0.3 is 5.97 Å². The molecule has 1 N–H and O–H groups in total. The number of rotatable bonds is 3. The molecule has 1 aromatic carbocycles. The minimum Gasteiger partial charge on any atom is -0.480 e. The average Bonchev–Trinajstić information content (AvgIpc) is 2.61. The van der Waals surface area contributed by atoms with Crippen LogP contribution in [0.5, 0.6) is 0 Å². The van der Waals surface area contributed by atoms with Crippen molar-refractivity contribution in [3.05, 3.63) is 38.7 Å². The van der Waals surface area contributed by atoms with Gasteiger partial charge in [-0.05, 0) is 23.8 Å². The minimum absolute atomic E-state index is 0.226. The second-order valence-corrected chi connectivity index (χ2v) is 6.33. The Morgan fingerprint density at radius 1 is 1.40 bits per heavy atom. The Kier molecular flexibility index (Phi) is 4.70. The second kappa shape index (κ2) is 6.13. The third-order valence-corrected chi connectivity index (χ3v) is 4.53. The third kappa shape index (κ3) is 3.32. The molecule has 20 heavy (non-hydrogen) atoms. The predicted octanol–water partition coefficient (Wildman–Crippen LogP) is 3.28. The molecule has 0 atom stereocenters. The van der Waals surface area contributed by atoms with Crippen LogP contribution in [0.2, 0.25) is 10.0 Å². The first kappa shape index (κ1) is 15.3. The molecule has 1 aliphatic rings. The maximum absolute atomic E-state index is 12.0. The molecule has 0 radical (unpaired) electrons. The van der Waals surface area contributed by atoms with Crippen molar-refractivity contribution in [3.8, 4) is 0 Å². The summed E-state index contributed by atoms with van der Waals surface area (Å²) < 4.78 is 0.226. The van der Waals surface area contributed by atoms with Crippen LogP contribution in [-0.2, 0) is 9.59 Å². The first-order chi connectivity index (χ1) is 9.38. The number of thioether (sulfide) groups is 1. The zero-order valence-corrected chi connectivity index (χ0v) is 12.9. The van der Waals surface area contributed by atoms with Gasteiger partial charge in [0.15, 0.2) is 0 Å². The molecular weight excluding hydrogens is 341 g/mol. The van der Waals surface area contributed by atoms with Gasteiger partial charge in [0.1, 0.15) is 10.9 Å². The van der Waals surface area contributed by atoms with Gasteiger partial charge < -0.3 is 5.11 Å². The number of aliphatic carboxylic acids is 1. The number of benzene rings is 1. The maximum Gasteiger partial charge on any atom is 0.323 e. The molecule has 2 rings (SSSR count). The molecule has 104 valence electrons. The van der Waals surface area contributed by atoms with Crippen molar-refractivity contribution in [3.63, 3.8) is 0 Å². The SMILES string of the molecule is O=C(O)CN1C(=O)/C(=C\c2ccc(Cl)c(Cl)c2)SC1=S. The van der Waals surface area contributed by atoms with Crippen molar-refractivity contribution in [1.29, 1.82) is 0 Å². The lowest BCUT2D eigenvalue weighted by Gasteiger charge is -2.10. The monoisotopic (exact) mass is 347 g/mol. The Hall–Kier alpha value is -1.08. The molecule has 1 aromatic rings. The average molecular weight is 348 g/mol. The Morgan fingerprint density at radius 3 is 2.70 bits per heavy atom. The van der Waals surface area contributed by atoms with E-state index in [-0.39, 0.29) is 4.32 Å². The zero-order chi connectivity index (χ0) is 14.9. The fourth-order valence-corrected chi connectivity index (χ4v) is 3.09. The lowest BCUT2D eigenvalue weighted by Crippen LogP contribution is -2.33. The molecular formula is C12H7Cl2NO3S2. The molecule has 0 bridgehead atoms. The summed E-state index contributed by atoms with van der Waals surface area (Å²) in [6.07, 6.45) is 1.60. The Labute approximate surface area is 134 Å². The van der Waals surface area contributed by atoms with Gasteiger partial charge in [0.05, 0.1) is 15.0 Å². The zero-order valence-electron chi connectivity index (χ0n) is 9.80. The first-order valence-electron chi connectivity index (χ1n) is 5.30. The topological polar surface area (TPSA) is 57.6 Å². The van der Waals surface area contributed by atoms with Crippen molar-refractivity contribution in [1.82, 2.24) is 4.90 Å². The Bertz CT molecular complexity index is 646. The molecule has 8 heteroatoms. The number of carbonyl (C=O) groups excluding carboxylic acids is 1. The van der Waals surface area contributed by atoms with Gasteiger partial charge in [0, 0.05) is 0 Å². The number of amides is 1. The van der Waals surface area contributed by atoms with Crippen LogP contribution in [0.25, 0.3) is 6.08 Å². The summed E-state index contributed by atoms with van der Waals surface area (Å²) >= 11 is 17.8. The van der Waals surface area contributed by atoms with Gasteiger partial charge in [0.25, 0.3) is 5.91 Å². The molecule has 0 aromatic heterocycles. The van der Waals surface area contributed by atoms with E-state index in [4.69, 9.17) is 40.5 Å². The van der Waals surface area contributed by atoms with Gasteiger partial charge in [0.2, 0.25) is 0 Å². The largest absolute Gasteiger partial charge is 0.480 e. The number of nitrogens with zero attached hydrogens (tertiary/aromatic N) is 1. The van der Waals surface area contributed by atoms with Crippen LogP contribution in [0, 0.1) is 0 Å². The molecule has 0 spiro atoms. The van der Waals surface area contributed by atoms with E-state index in [1.165, 1.54) is 0 Å². The number of carboxylic acid groups (broad SMARTS) is 1. The van der Waals surface area contributed by atoms with Crippen LogP contribution in [0.4, 0.5) is 0 Å². The van der Waals surface area contributed by atoms with Crippen LogP contribution in [0.1, 0.15) is 5.56 Å². The van der Waals surface area contributed by atoms with E-state index in [2.05, 4.69) is 0 Å². The second-order valence-electron chi connectivity index (χ2n) is 3.84. The predicted molar refractivity (Wildman–Crippen MR) is 84.0 cm³/mol. The number of carboxylic acids is 1. The first-order valence-corrected chi connectivity index (χ1v) is 7.29. The summed E-state index contributed by atoms with van der Waals surface area (Å²) in [5, 5.41) is 9.53. The Morgan fingerprint density at radius 2 is 2.10 bits per heavy atom. The van der Waals surface area contributed by atoms with E-state index in [1.807, 2.05) is 0 Å². The van der Waals surface area contributed by atoms with Gasteiger partial charge in [-0.1, -0.05) is 53.2 Å². The molecule has 0 aliphatic carbocycles. The summed E-state index contributed by atoms with van der Waals surface area (Å²) in [7, 11) is 0. The highest BCUT2D eigenvalue weighted by atomic mass is 35.5. The lowest BCUT2D eigenvalue weighted by atomic mass is 10.2. The minimum atomic E-state index is -1.11. The smallest absolute Gasteiger partial charge is 0.323 e. The maximum atomic E-state index is 12.0. The number of halogens is 2. The van der Waals surface area contributed by atoms with Gasteiger partial charge in [-0.3, -0.25) is 14.5 Å². The van der Waals surface area contributed by atoms with Crippen molar-refractivity contribution in [2.24, 2.45) is 0 Å². The lowest BCUT2D eigenvalue weighted by molar-refractivity contribution is -0.140. The highest BCUT2D eigenvalue weighted by Gasteiger charge is 2.33. The van der Waals surface area contributed by atoms with Crippen LogP contribution >= 0.6 is 47.2 Å². The van der Waals surface area contributed by atoms with Crippen molar-refractivity contribution in [2.45, 2.75) is 0 Å². The fourth-order valence-electron chi connectivity index (χ4n) is 1.53. The molecule has 4 nitrogen and oxygen atoms in total. The third-order valence-electron chi connectivity index (χ3n) is 2.41. The quantitative estimate of drug-likeness (QED) is 0.671. The molecule has 1 fully saturated rings.